The summed E-state index contributed by atoms with van der Waals surface area (Å²) in [5, 5.41) is 11.9. The van der Waals surface area contributed by atoms with E-state index in [-0.39, 0.29) is 57.1 Å². The molecule has 0 fully saturated rings. The predicted octanol–water partition coefficient (Wildman–Crippen LogP) is 6.85. The molecule has 11 heteroatoms. The number of para-hydroxylation sites is 1. The van der Waals surface area contributed by atoms with Gasteiger partial charge in [0.05, 0.1) is 45.6 Å². The van der Waals surface area contributed by atoms with Crippen molar-refractivity contribution in [2.75, 3.05) is 0 Å². The minimum absolute atomic E-state index is 0.00231. The number of carboxylic acid groups (broad SMARTS) is 1. The molecule has 0 aliphatic heterocycles. The standard InChI is InChI=1S/C32H25ClFN3O6/c1-32(2,3)31(41)43-16-36-11-6-8-20(29(36)38)24-25-23(14-21(34)19-10-12-42-27(19)25)37(26(24)30(39)40)15-18-13-17-7-4-5-9-22(17)35-28(18)33/h4-14H,15-16H2,1-3H3,(H,39,40). The van der Waals surface area contributed by atoms with E-state index < -0.39 is 28.7 Å². The molecular weight excluding hydrogens is 577 g/mol. The van der Waals surface area contributed by atoms with Crippen LogP contribution in [0.2, 0.25) is 5.15 Å². The molecule has 0 aliphatic carbocycles. The summed E-state index contributed by atoms with van der Waals surface area (Å²) in [7, 11) is 0. The number of esters is 1. The molecule has 2 aromatic carbocycles. The summed E-state index contributed by atoms with van der Waals surface area (Å²) in [6, 6.07) is 14.8. The zero-order valence-electron chi connectivity index (χ0n) is 23.4. The van der Waals surface area contributed by atoms with Crippen LogP contribution in [0, 0.1) is 11.2 Å². The lowest BCUT2D eigenvalue weighted by Gasteiger charge is -2.17. The summed E-state index contributed by atoms with van der Waals surface area (Å²) < 4.78 is 28.9. The molecule has 9 nitrogen and oxygen atoms in total. The van der Waals surface area contributed by atoms with Crippen molar-refractivity contribution in [2.24, 2.45) is 5.41 Å². The third-order valence-electron chi connectivity index (χ3n) is 7.23. The van der Waals surface area contributed by atoms with Crippen molar-refractivity contribution in [3.8, 4) is 11.1 Å². The maximum absolute atomic E-state index is 15.3. The highest BCUT2D eigenvalue weighted by Crippen LogP contribution is 2.40. The number of carbonyl (C=O) groups is 2. The highest BCUT2D eigenvalue weighted by Gasteiger charge is 2.30. The van der Waals surface area contributed by atoms with Crippen LogP contribution >= 0.6 is 11.6 Å². The predicted molar refractivity (Wildman–Crippen MR) is 160 cm³/mol. The summed E-state index contributed by atoms with van der Waals surface area (Å²) in [5.74, 6) is -2.49. The van der Waals surface area contributed by atoms with Crippen LogP contribution in [0.25, 0.3) is 43.9 Å². The minimum Gasteiger partial charge on any atom is -0.477 e. The molecule has 43 heavy (non-hydrogen) atoms. The van der Waals surface area contributed by atoms with Crippen LogP contribution in [0.5, 0.6) is 0 Å². The van der Waals surface area contributed by atoms with Gasteiger partial charge in [0.25, 0.3) is 5.56 Å². The van der Waals surface area contributed by atoms with Crippen molar-refractivity contribution < 1.29 is 28.2 Å². The number of nitrogens with zero attached hydrogens (tertiary/aromatic N) is 3. The second-order valence-electron chi connectivity index (χ2n) is 11.2. The van der Waals surface area contributed by atoms with Crippen LogP contribution in [0.3, 0.4) is 0 Å². The lowest BCUT2D eigenvalue weighted by atomic mass is 9.98. The Kier molecular flexibility index (Phi) is 6.81. The molecule has 0 amide bonds. The smallest absolute Gasteiger partial charge is 0.353 e. The number of aromatic carboxylic acids is 1. The van der Waals surface area contributed by atoms with Crippen LogP contribution in [-0.2, 0) is 22.8 Å². The third kappa shape index (κ3) is 4.83. The Morgan fingerprint density at radius 3 is 2.63 bits per heavy atom. The molecule has 0 radical (unpaired) electrons. The van der Waals surface area contributed by atoms with Gasteiger partial charge < -0.3 is 18.8 Å². The molecule has 1 N–H and O–H groups in total. The normalized spacial score (nSPS) is 11.9. The van der Waals surface area contributed by atoms with Gasteiger partial charge in [-0.05, 0) is 57.2 Å². The Hall–Kier alpha value is -4.96. The molecule has 4 aromatic heterocycles. The number of furan rings is 1. The van der Waals surface area contributed by atoms with E-state index in [0.717, 1.165) is 5.39 Å². The molecule has 4 heterocycles. The maximum Gasteiger partial charge on any atom is 0.353 e. The fourth-order valence-electron chi connectivity index (χ4n) is 5.15. The van der Waals surface area contributed by atoms with Crippen LogP contribution < -0.4 is 5.56 Å². The van der Waals surface area contributed by atoms with Crippen molar-refractivity contribution >= 4 is 56.3 Å². The van der Waals surface area contributed by atoms with Crippen molar-refractivity contribution in [1.29, 1.82) is 0 Å². The fraction of sp³-hybridized carbons (Fsp3) is 0.188. The van der Waals surface area contributed by atoms with Gasteiger partial charge >= 0.3 is 11.9 Å². The Labute approximate surface area is 248 Å². The number of carboxylic acids is 1. The van der Waals surface area contributed by atoms with Gasteiger partial charge in [0.15, 0.2) is 6.73 Å². The second-order valence-corrected chi connectivity index (χ2v) is 11.5. The minimum atomic E-state index is -1.36. The summed E-state index contributed by atoms with van der Waals surface area (Å²) in [6.07, 6.45) is 2.73. The average Bonchev–Trinajstić information content (AvgIpc) is 3.56. The van der Waals surface area contributed by atoms with Crippen molar-refractivity contribution in [1.82, 2.24) is 14.1 Å². The number of pyridine rings is 2. The molecule has 0 unspecified atom stereocenters. The molecular formula is C32H25ClFN3O6. The molecule has 0 saturated carbocycles. The molecule has 0 aliphatic rings. The Morgan fingerprint density at radius 2 is 1.88 bits per heavy atom. The number of halogens is 2. The van der Waals surface area contributed by atoms with E-state index in [1.54, 1.807) is 39.0 Å². The number of fused-ring (bicyclic) bond motifs is 4. The Morgan fingerprint density at radius 1 is 1.12 bits per heavy atom. The lowest BCUT2D eigenvalue weighted by molar-refractivity contribution is -0.157. The first-order chi connectivity index (χ1) is 20.5. The number of carbonyl (C=O) groups excluding carboxylic acids is 1. The van der Waals surface area contributed by atoms with Crippen LogP contribution in [0.1, 0.15) is 36.8 Å². The fourth-order valence-corrected chi connectivity index (χ4v) is 5.35. The van der Waals surface area contributed by atoms with Gasteiger partial charge in [0.1, 0.15) is 22.2 Å². The van der Waals surface area contributed by atoms with E-state index in [9.17, 15) is 19.5 Å². The maximum atomic E-state index is 15.3. The number of ether oxygens (including phenoxy) is 1. The van der Waals surface area contributed by atoms with Crippen LogP contribution in [0.15, 0.2) is 76.3 Å². The van der Waals surface area contributed by atoms with E-state index in [4.69, 9.17) is 20.8 Å². The van der Waals surface area contributed by atoms with Crippen molar-refractivity contribution in [2.45, 2.75) is 34.0 Å². The molecule has 0 spiro atoms. The van der Waals surface area contributed by atoms with E-state index in [2.05, 4.69) is 4.98 Å². The zero-order valence-corrected chi connectivity index (χ0v) is 24.1. The van der Waals surface area contributed by atoms with Gasteiger partial charge in [-0.15, -0.1) is 0 Å². The van der Waals surface area contributed by atoms with Crippen LogP contribution in [-0.4, -0.2) is 31.2 Å². The monoisotopic (exact) mass is 601 g/mol. The van der Waals surface area contributed by atoms with Gasteiger partial charge in [-0.3, -0.25) is 14.2 Å². The summed E-state index contributed by atoms with van der Waals surface area (Å²) in [6.45, 7) is 4.59. The van der Waals surface area contributed by atoms with Gasteiger partial charge in [0.2, 0.25) is 0 Å². The highest BCUT2D eigenvalue weighted by molar-refractivity contribution is 6.30. The lowest BCUT2D eigenvalue weighted by Crippen LogP contribution is -2.28. The summed E-state index contributed by atoms with van der Waals surface area (Å²) in [4.78, 5) is 43.6. The largest absolute Gasteiger partial charge is 0.477 e. The van der Waals surface area contributed by atoms with E-state index in [0.29, 0.717) is 11.1 Å². The molecule has 0 bridgehead atoms. The Balaban J connectivity index is 1.61. The quantitative estimate of drug-likeness (QED) is 0.164. The second kappa shape index (κ2) is 10.4. The van der Waals surface area contributed by atoms with E-state index in [1.807, 2.05) is 18.2 Å². The van der Waals surface area contributed by atoms with E-state index >= 15 is 4.39 Å². The number of aromatic nitrogens is 3. The van der Waals surface area contributed by atoms with Gasteiger partial charge in [-0.25, -0.2) is 14.2 Å². The molecule has 0 saturated heterocycles. The number of benzene rings is 2. The molecule has 6 rings (SSSR count). The summed E-state index contributed by atoms with van der Waals surface area (Å²) in [5.41, 5.74) is -0.216. The molecule has 218 valence electrons. The molecule has 6 aromatic rings. The topological polar surface area (TPSA) is 117 Å². The number of hydrogen-bond donors (Lipinski definition) is 1. The first-order valence-electron chi connectivity index (χ1n) is 13.3. The van der Waals surface area contributed by atoms with Crippen molar-refractivity contribution in [3.05, 3.63) is 99.6 Å². The van der Waals surface area contributed by atoms with Crippen LogP contribution in [0.4, 0.5) is 4.39 Å². The Bertz CT molecular complexity index is 2150. The highest BCUT2D eigenvalue weighted by atomic mass is 35.5. The SMILES string of the molecule is CC(C)(C)C(=O)OCn1cccc(-c2c(C(=O)O)n(Cc3cc4ccccc4nc3Cl)c3cc(F)c4ccoc4c23)c1=O. The van der Waals surface area contributed by atoms with Gasteiger partial charge in [-0.1, -0.05) is 29.8 Å². The van der Waals surface area contributed by atoms with Gasteiger partial charge in [-0.2, -0.15) is 0 Å². The average molecular weight is 602 g/mol. The molecule has 0 atom stereocenters. The van der Waals surface area contributed by atoms with Crippen molar-refractivity contribution in [3.63, 3.8) is 0 Å². The summed E-state index contributed by atoms with van der Waals surface area (Å²) >= 11 is 6.55. The number of rotatable bonds is 6. The van der Waals surface area contributed by atoms with E-state index in [1.165, 1.54) is 39.8 Å². The number of hydrogen-bond acceptors (Lipinski definition) is 6. The van der Waals surface area contributed by atoms with Gasteiger partial charge in [0, 0.05) is 22.7 Å². The third-order valence-corrected chi connectivity index (χ3v) is 7.56. The first kappa shape index (κ1) is 28.2. The first-order valence-corrected chi connectivity index (χ1v) is 13.7. The zero-order chi connectivity index (χ0) is 30.6.